The van der Waals surface area contributed by atoms with Gasteiger partial charge in [-0.05, 0) is 24.3 Å². The van der Waals surface area contributed by atoms with Crippen molar-refractivity contribution in [3.63, 3.8) is 0 Å². The van der Waals surface area contributed by atoms with Crippen LogP contribution in [0.5, 0.6) is 0 Å². The molecule has 2 heterocycles. The second-order valence-electron chi connectivity index (χ2n) is 5.98. The van der Waals surface area contributed by atoms with Crippen molar-refractivity contribution in [1.29, 1.82) is 0 Å². The van der Waals surface area contributed by atoms with Crippen LogP contribution in [0.2, 0.25) is 0 Å². The molecular weight excluding hydrogens is 354 g/mol. The van der Waals surface area contributed by atoms with Gasteiger partial charge in [-0.15, -0.1) is 0 Å². The van der Waals surface area contributed by atoms with Crippen LogP contribution in [-0.4, -0.2) is 46.8 Å². The molecule has 140 valence electrons. The van der Waals surface area contributed by atoms with E-state index in [4.69, 9.17) is 0 Å². The molecule has 7 nitrogen and oxygen atoms in total. The van der Waals surface area contributed by atoms with E-state index in [0.717, 1.165) is 12.1 Å². The number of pyridine rings is 1. The number of benzene rings is 1. The number of hydrogen-bond donors (Lipinski definition) is 1. The normalized spacial score (nSPS) is 10.7. The highest BCUT2D eigenvalue weighted by Gasteiger charge is 2.21. The van der Waals surface area contributed by atoms with E-state index in [0.29, 0.717) is 17.2 Å². The molecule has 0 saturated heterocycles. The molecule has 3 rings (SSSR count). The summed E-state index contributed by atoms with van der Waals surface area (Å²) in [6, 6.07) is 6.68. The predicted octanol–water partition coefficient (Wildman–Crippen LogP) is 1.96. The van der Waals surface area contributed by atoms with Crippen molar-refractivity contribution in [3.8, 4) is 17.1 Å². The Morgan fingerprint density at radius 2 is 2.04 bits per heavy atom. The molecule has 0 saturated carbocycles. The van der Waals surface area contributed by atoms with Gasteiger partial charge in [0.25, 0.3) is 0 Å². The van der Waals surface area contributed by atoms with E-state index in [9.17, 15) is 13.6 Å². The molecule has 27 heavy (non-hydrogen) atoms. The number of nitrogens with one attached hydrogen (secondary N) is 1. The van der Waals surface area contributed by atoms with Gasteiger partial charge in [-0.1, -0.05) is 0 Å². The zero-order chi connectivity index (χ0) is 19.6. The first-order valence-electron chi connectivity index (χ1n) is 8.15. The van der Waals surface area contributed by atoms with Crippen LogP contribution >= 0.6 is 0 Å². The standard InChI is InChI=1S/C18H18F2N6O/c1-21-16(27)10-15-23-18(12-5-4-8-22-17(12)25(2)3)26(24-15)14-7-6-11(19)9-13(14)20/h4-9H,10H2,1-3H3,(H,21,27). The first kappa shape index (κ1) is 18.4. The predicted molar refractivity (Wildman–Crippen MR) is 96.6 cm³/mol. The number of anilines is 1. The first-order valence-corrected chi connectivity index (χ1v) is 8.15. The van der Waals surface area contributed by atoms with Crippen LogP contribution in [0.4, 0.5) is 14.6 Å². The molecule has 0 radical (unpaired) electrons. The summed E-state index contributed by atoms with van der Waals surface area (Å²) in [7, 11) is 5.14. The van der Waals surface area contributed by atoms with E-state index in [-0.39, 0.29) is 23.8 Å². The minimum absolute atomic E-state index is 0.0237. The van der Waals surface area contributed by atoms with Gasteiger partial charge in [0.05, 0.1) is 12.0 Å². The summed E-state index contributed by atoms with van der Waals surface area (Å²) in [6.45, 7) is 0. The maximum Gasteiger partial charge on any atom is 0.227 e. The van der Waals surface area contributed by atoms with Crippen LogP contribution < -0.4 is 10.2 Å². The third-order valence-electron chi connectivity index (χ3n) is 3.84. The Balaban J connectivity index is 2.21. The van der Waals surface area contributed by atoms with Gasteiger partial charge in [0.1, 0.15) is 17.3 Å². The Kier molecular flexibility index (Phi) is 5.11. The molecule has 0 aliphatic heterocycles. The lowest BCUT2D eigenvalue weighted by Gasteiger charge is -2.16. The molecule has 1 N–H and O–H groups in total. The van der Waals surface area contributed by atoms with E-state index >= 15 is 0 Å². The van der Waals surface area contributed by atoms with Gasteiger partial charge >= 0.3 is 0 Å². The zero-order valence-electron chi connectivity index (χ0n) is 15.1. The van der Waals surface area contributed by atoms with Crippen molar-refractivity contribution in [3.05, 3.63) is 54.0 Å². The number of carbonyl (C=O) groups excluding carboxylic acids is 1. The Bertz CT molecular complexity index is 986. The highest BCUT2D eigenvalue weighted by Crippen LogP contribution is 2.29. The molecule has 0 spiro atoms. The molecule has 3 aromatic rings. The monoisotopic (exact) mass is 372 g/mol. The SMILES string of the molecule is CNC(=O)Cc1nc(-c2cccnc2N(C)C)n(-c2ccc(F)cc2F)n1. The highest BCUT2D eigenvalue weighted by molar-refractivity contribution is 5.78. The summed E-state index contributed by atoms with van der Waals surface area (Å²) in [5.74, 6) is -0.655. The van der Waals surface area contributed by atoms with Gasteiger partial charge in [-0.25, -0.2) is 23.4 Å². The molecule has 0 unspecified atom stereocenters. The van der Waals surface area contributed by atoms with Gasteiger partial charge in [0, 0.05) is 33.4 Å². The number of hydrogen-bond acceptors (Lipinski definition) is 5. The number of carbonyl (C=O) groups is 1. The third kappa shape index (κ3) is 3.76. The fourth-order valence-electron chi connectivity index (χ4n) is 2.58. The van der Waals surface area contributed by atoms with Gasteiger partial charge in [0.15, 0.2) is 17.5 Å². The molecule has 9 heteroatoms. The van der Waals surface area contributed by atoms with Crippen LogP contribution in [-0.2, 0) is 11.2 Å². The maximum absolute atomic E-state index is 14.4. The fourth-order valence-corrected chi connectivity index (χ4v) is 2.58. The van der Waals surface area contributed by atoms with E-state index in [1.165, 1.54) is 17.8 Å². The molecule has 0 bridgehead atoms. The van der Waals surface area contributed by atoms with Crippen LogP contribution in [0.1, 0.15) is 5.82 Å². The van der Waals surface area contributed by atoms with E-state index in [1.807, 2.05) is 14.1 Å². The Labute approximate surface area is 154 Å². The molecule has 0 aliphatic carbocycles. The molecule has 0 fully saturated rings. The quantitative estimate of drug-likeness (QED) is 0.741. The van der Waals surface area contributed by atoms with Crippen molar-refractivity contribution in [2.75, 3.05) is 26.0 Å². The van der Waals surface area contributed by atoms with E-state index in [2.05, 4.69) is 20.4 Å². The van der Waals surface area contributed by atoms with Crippen LogP contribution in [0.15, 0.2) is 36.5 Å². The number of nitrogens with zero attached hydrogens (tertiary/aromatic N) is 5. The summed E-state index contributed by atoms with van der Waals surface area (Å²) in [5.41, 5.74) is 0.623. The van der Waals surface area contributed by atoms with Crippen molar-refractivity contribution in [1.82, 2.24) is 25.1 Å². The number of halogens is 2. The maximum atomic E-state index is 14.4. The summed E-state index contributed by atoms with van der Waals surface area (Å²) in [6.07, 6.45) is 1.56. The first-order chi connectivity index (χ1) is 12.9. The van der Waals surface area contributed by atoms with Gasteiger partial charge in [0.2, 0.25) is 5.91 Å². The Morgan fingerprint density at radius 1 is 1.26 bits per heavy atom. The van der Waals surface area contributed by atoms with E-state index < -0.39 is 11.6 Å². The number of amides is 1. The fraction of sp³-hybridized carbons (Fsp3) is 0.222. The average Bonchev–Trinajstić information content (AvgIpc) is 3.04. The van der Waals surface area contributed by atoms with Crippen molar-refractivity contribution >= 4 is 11.7 Å². The largest absolute Gasteiger partial charge is 0.362 e. The summed E-state index contributed by atoms with van der Waals surface area (Å²) < 4.78 is 29.0. The average molecular weight is 372 g/mol. The summed E-state index contributed by atoms with van der Waals surface area (Å²) in [4.78, 5) is 22.2. The van der Waals surface area contributed by atoms with Crippen LogP contribution in [0, 0.1) is 11.6 Å². The number of aromatic nitrogens is 4. The van der Waals surface area contributed by atoms with Crippen molar-refractivity contribution in [2.45, 2.75) is 6.42 Å². The molecular formula is C18H18F2N6O. The van der Waals surface area contributed by atoms with Gasteiger partial charge < -0.3 is 10.2 Å². The van der Waals surface area contributed by atoms with Crippen LogP contribution in [0.3, 0.4) is 0 Å². The smallest absolute Gasteiger partial charge is 0.227 e. The molecule has 0 aliphatic rings. The highest BCUT2D eigenvalue weighted by atomic mass is 19.1. The summed E-state index contributed by atoms with van der Waals surface area (Å²) >= 11 is 0. The Hall–Kier alpha value is -3.36. The molecule has 1 amide bonds. The van der Waals surface area contributed by atoms with Gasteiger partial charge in [-0.3, -0.25) is 4.79 Å². The second kappa shape index (κ2) is 7.48. The lowest BCUT2D eigenvalue weighted by Crippen LogP contribution is -2.20. The number of likely N-dealkylation sites (N-methyl/N-ethyl adjacent to an activating group) is 1. The van der Waals surface area contributed by atoms with Gasteiger partial charge in [-0.2, -0.15) is 5.10 Å². The molecule has 1 aromatic carbocycles. The molecule has 2 aromatic heterocycles. The third-order valence-corrected chi connectivity index (χ3v) is 3.84. The van der Waals surface area contributed by atoms with Crippen LogP contribution in [0.25, 0.3) is 17.1 Å². The van der Waals surface area contributed by atoms with E-state index in [1.54, 1.807) is 23.2 Å². The topological polar surface area (TPSA) is 75.9 Å². The Morgan fingerprint density at radius 3 is 2.70 bits per heavy atom. The minimum atomic E-state index is -0.789. The second-order valence-corrected chi connectivity index (χ2v) is 5.98. The lowest BCUT2D eigenvalue weighted by molar-refractivity contribution is -0.120. The molecule has 0 atom stereocenters. The zero-order valence-corrected chi connectivity index (χ0v) is 15.1. The summed E-state index contributed by atoms with van der Waals surface area (Å²) in [5, 5.41) is 6.77. The minimum Gasteiger partial charge on any atom is -0.362 e. The van der Waals surface area contributed by atoms with Crippen molar-refractivity contribution in [2.24, 2.45) is 0 Å². The van der Waals surface area contributed by atoms with Crippen molar-refractivity contribution < 1.29 is 13.6 Å². The lowest BCUT2D eigenvalue weighted by atomic mass is 10.2. The number of rotatable bonds is 5.